The van der Waals surface area contributed by atoms with Gasteiger partial charge >= 0.3 is 6.15 Å². The van der Waals surface area contributed by atoms with Crippen LogP contribution >= 0.6 is 0 Å². The Morgan fingerprint density at radius 2 is 1.80 bits per heavy atom. The zero-order valence-electron chi connectivity index (χ0n) is 13.3. The van der Waals surface area contributed by atoms with Gasteiger partial charge in [0.1, 0.15) is 5.52 Å². The van der Waals surface area contributed by atoms with Gasteiger partial charge in [-0.25, -0.2) is 4.52 Å². The summed E-state index contributed by atoms with van der Waals surface area (Å²) in [6, 6.07) is 11.7. The normalized spacial score (nSPS) is 10.3. The Kier molecular flexibility index (Phi) is 4.45. The Labute approximate surface area is 141 Å². The third-order valence-electron chi connectivity index (χ3n) is 3.76. The molecule has 3 aromatic heterocycles. The van der Waals surface area contributed by atoms with Crippen LogP contribution in [0.25, 0.3) is 27.8 Å². The second-order valence-corrected chi connectivity index (χ2v) is 5.08. The minimum absolute atomic E-state index is 0.147. The lowest BCUT2D eigenvalue weighted by Gasteiger charge is -2.04. The van der Waals surface area contributed by atoms with Crippen molar-refractivity contribution in [1.82, 2.24) is 24.4 Å². The summed E-state index contributed by atoms with van der Waals surface area (Å²) in [5, 5.41) is 12.7. The highest BCUT2D eigenvalue weighted by Crippen LogP contribution is 2.23. The number of carbonyl (C=O) groups excluding carboxylic acids is 2. The molecule has 0 amide bonds. The molecule has 8 heteroatoms. The molecule has 0 unspecified atom stereocenters. The minimum Gasteiger partial charge on any atom is -0.314 e. The van der Waals surface area contributed by atoms with E-state index in [-0.39, 0.29) is 11.7 Å². The Hall–Kier alpha value is -3.64. The molecule has 0 radical (unpaired) electrons. The molecule has 1 aromatic carbocycles. The quantitative estimate of drug-likeness (QED) is 0.551. The van der Waals surface area contributed by atoms with Gasteiger partial charge in [0, 0.05) is 18.3 Å². The standard InChI is InChI=1S/C16H13N5O.CO2/c1-2-20-9-8-13-14(16(20)22)18-19-15-12(10-17-21(13)15)11-6-4-3-5-7-11;2-1-3/h3-10H,2H2,1H3;. The van der Waals surface area contributed by atoms with Crippen LogP contribution in [0.2, 0.25) is 0 Å². The number of nitrogens with zero attached hydrogens (tertiary/aromatic N) is 5. The topological polar surface area (TPSA) is 99.2 Å². The molecular formula is C17H13N5O3. The van der Waals surface area contributed by atoms with Crippen molar-refractivity contribution in [3.8, 4) is 11.1 Å². The van der Waals surface area contributed by atoms with Gasteiger partial charge in [-0.3, -0.25) is 4.79 Å². The van der Waals surface area contributed by atoms with Gasteiger partial charge < -0.3 is 4.57 Å². The average molecular weight is 335 g/mol. The first kappa shape index (κ1) is 16.2. The van der Waals surface area contributed by atoms with E-state index in [0.29, 0.717) is 23.2 Å². The smallest absolute Gasteiger partial charge is 0.314 e. The second-order valence-electron chi connectivity index (χ2n) is 5.08. The molecule has 4 rings (SSSR count). The summed E-state index contributed by atoms with van der Waals surface area (Å²) in [5.41, 5.74) is 3.42. The van der Waals surface area contributed by atoms with Crippen molar-refractivity contribution >= 4 is 22.8 Å². The first-order valence-corrected chi connectivity index (χ1v) is 7.49. The fraction of sp³-hybridized carbons (Fsp3) is 0.118. The largest absolute Gasteiger partial charge is 0.373 e. The second kappa shape index (κ2) is 6.86. The molecule has 124 valence electrons. The molecule has 0 saturated carbocycles. The highest BCUT2D eigenvalue weighted by atomic mass is 16.2. The lowest BCUT2D eigenvalue weighted by Crippen LogP contribution is -2.20. The Morgan fingerprint density at radius 1 is 1.08 bits per heavy atom. The molecule has 0 atom stereocenters. The summed E-state index contributed by atoms with van der Waals surface area (Å²) < 4.78 is 3.27. The predicted octanol–water partition coefficient (Wildman–Crippen LogP) is 1.54. The van der Waals surface area contributed by atoms with Crippen molar-refractivity contribution in [3.63, 3.8) is 0 Å². The minimum atomic E-state index is -0.147. The van der Waals surface area contributed by atoms with E-state index in [1.54, 1.807) is 21.5 Å². The number of hydrogen-bond donors (Lipinski definition) is 0. The van der Waals surface area contributed by atoms with Gasteiger partial charge in [0.2, 0.25) is 0 Å². The molecule has 0 N–H and O–H groups in total. The average Bonchev–Trinajstić information content (AvgIpc) is 3.08. The zero-order valence-corrected chi connectivity index (χ0v) is 13.3. The molecule has 0 fully saturated rings. The summed E-state index contributed by atoms with van der Waals surface area (Å²) in [4.78, 5) is 28.5. The summed E-state index contributed by atoms with van der Waals surface area (Å²) in [5.74, 6) is 0. The van der Waals surface area contributed by atoms with Crippen molar-refractivity contribution in [2.24, 2.45) is 0 Å². The number of aryl methyl sites for hydroxylation is 1. The number of rotatable bonds is 2. The molecule has 0 bridgehead atoms. The van der Waals surface area contributed by atoms with Crippen LogP contribution in [0, 0.1) is 0 Å². The number of aromatic nitrogens is 5. The fourth-order valence-corrected chi connectivity index (χ4v) is 2.60. The van der Waals surface area contributed by atoms with Crippen LogP contribution in [0.3, 0.4) is 0 Å². The van der Waals surface area contributed by atoms with Crippen LogP contribution in [-0.4, -0.2) is 30.5 Å². The molecule has 25 heavy (non-hydrogen) atoms. The SMILES string of the molecule is CCn1ccc2c(nnc3c(-c4ccccc4)cnn32)c1=O.O=C=O. The van der Waals surface area contributed by atoms with E-state index >= 15 is 0 Å². The molecule has 3 heterocycles. The first-order valence-electron chi connectivity index (χ1n) is 7.49. The number of benzene rings is 1. The van der Waals surface area contributed by atoms with Crippen LogP contribution in [0.5, 0.6) is 0 Å². The summed E-state index contributed by atoms with van der Waals surface area (Å²) in [6.07, 6.45) is 3.76. The van der Waals surface area contributed by atoms with Crippen molar-refractivity contribution in [3.05, 3.63) is 59.1 Å². The number of pyridine rings is 1. The van der Waals surface area contributed by atoms with Gasteiger partial charge in [0.25, 0.3) is 5.56 Å². The summed E-state index contributed by atoms with van der Waals surface area (Å²) >= 11 is 0. The van der Waals surface area contributed by atoms with Crippen molar-refractivity contribution in [2.45, 2.75) is 13.5 Å². The molecule has 0 aliphatic rings. The van der Waals surface area contributed by atoms with E-state index < -0.39 is 0 Å². The monoisotopic (exact) mass is 335 g/mol. The zero-order chi connectivity index (χ0) is 17.8. The van der Waals surface area contributed by atoms with Crippen LogP contribution in [-0.2, 0) is 16.1 Å². The maximum absolute atomic E-state index is 12.3. The maximum Gasteiger partial charge on any atom is 0.373 e. The van der Waals surface area contributed by atoms with Crippen molar-refractivity contribution in [1.29, 1.82) is 0 Å². The highest BCUT2D eigenvalue weighted by Gasteiger charge is 2.13. The van der Waals surface area contributed by atoms with E-state index in [2.05, 4.69) is 15.3 Å². The third-order valence-corrected chi connectivity index (χ3v) is 3.76. The van der Waals surface area contributed by atoms with Gasteiger partial charge in [-0.05, 0) is 18.6 Å². The summed E-state index contributed by atoms with van der Waals surface area (Å²) in [6.45, 7) is 2.52. The molecule has 0 spiro atoms. The first-order chi connectivity index (χ1) is 12.2. The highest BCUT2D eigenvalue weighted by molar-refractivity contribution is 5.82. The third kappa shape index (κ3) is 2.82. The number of fused-ring (bicyclic) bond motifs is 3. The molecular weight excluding hydrogens is 322 g/mol. The summed E-state index contributed by atoms with van der Waals surface area (Å²) in [7, 11) is 0. The maximum atomic E-state index is 12.3. The Balaban J connectivity index is 0.000000569. The van der Waals surface area contributed by atoms with Crippen LogP contribution < -0.4 is 5.56 Å². The van der Waals surface area contributed by atoms with E-state index in [1.807, 2.05) is 43.3 Å². The fourth-order valence-electron chi connectivity index (χ4n) is 2.60. The van der Waals surface area contributed by atoms with E-state index in [9.17, 15) is 4.79 Å². The van der Waals surface area contributed by atoms with Gasteiger partial charge in [0.05, 0.1) is 6.20 Å². The molecule has 8 nitrogen and oxygen atoms in total. The number of hydrogen-bond acceptors (Lipinski definition) is 6. The predicted molar refractivity (Wildman–Crippen MR) is 88.7 cm³/mol. The Morgan fingerprint density at radius 3 is 2.48 bits per heavy atom. The Bertz CT molecular complexity index is 1130. The van der Waals surface area contributed by atoms with Crippen LogP contribution in [0.15, 0.2) is 53.6 Å². The molecule has 0 aliphatic carbocycles. The molecule has 4 aromatic rings. The molecule has 0 saturated heterocycles. The molecule has 0 aliphatic heterocycles. The van der Waals surface area contributed by atoms with Gasteiger partial charge in [-0.2, -0.15) is 14.7 Å². The van der Waals surface area contributed by atoms with Gasteiger partial charge in [-0.1, -0.05) is 30.3 Å². The van der Waals surface area contributed by atoms with Crippen molar-refractivity contribution in [2.75, 3.05) is 0 Å². The van der Waals surface area contributed by atoms with Crippen LogP contribution in [0.1, 0.15) is 6.92 Å². The lowest BCUT2D eigenvalue weighted by atomic mass is 10.1. The van der Waals surface area contributed by atoms with Gasteiger partial charge in [-0.15, -0.1) is 10.2 Å². The van der Waals surface area contributed by atoms with Crippen molar-refractivity contribution < 1.29 is 9.59 Å². The van der Waals surface area contributed by atoms with Gasteiger partial charge in [0.15, 0.2) is 11.2 Å². The van der Waals surface area contributed by atoms with Crippen LogP contribution in [0.4, 0.5) is 0 Å². The van der Waals surface area contributed by atoms with E-state index in [4.69, 9.17) is 9.59 Å². The van der Waals surface area contributed by atoms with E-state index in [0.717, 1.165) is 11.1 Å². The van der Waals surface area contributed by atoms with E-state index in [1.165, 1.54) is 0 Å². The lowest BCUT2D eigenvalue weighted by molar-refractivity contribution is -0.191.